The summed E-state index contributed by atoms with van der Waals surface area (Å²) in [5.41, 5.74) is -5.29. The average Bonchev–Trinajstić information content (AvgIpc) is 3.31. The third-order valence-corrected chi connectivity index (χ3v) is 6.71. The van der Waals surface area contributed by atoms with Gasteiger partial charge in [-0.3, -0.25) is 4.90 Å². The maximum Gasteiger partial charge on any atom is 0.416 e. The molecule has 0 N–H and O–H groups in total. The number of benzene rings is 2. The molecule has 2 aromatic carbocycles. The molecule has 1 aromatic heterocycles. The molecule has 17 heteroatoms. The van der Waals surface area contributed by atoms with E-state index >= 15 is 0 Å². The van der Waals surface area contributed by atoms with Gasteiger partial charge in [0.25, 0.3) is 0 Å². The number of alkyl halides is 9. The molecule has 0 aliphatic carbocycles. The standard InChI is InChI=1S/C25H24F9N7O/c1-5-17-12-40(19-11-14(23(26,27)28)6-7-18(19)41(17)22(42)38(2)3)20(21-35-37-39(4)36-21)13-8-15(24(29,30)31)10-16(9-13)25(32,33)34/h6-11,17,20H,5,12H2,1-4H3. The molecular weight excluding hydrogens is 585 g/mol. The van der Waals surface area contributed by atoms with Crippen LogP contribution < -0.4 is 9.80 Å². The Kier molecular flexibility index (Phi) is 7.84. The van der Waals surface area contributed by atoms with Gasteiger partial charge in [-0.05, 0) is 53.6 Å². The minimum absolute atomic E-state index is 0.0308. The highest BCUT2D eigenvalue weighted by Gasteiger charge is 2.43. The third kappa shape index (κ3) is 5.94. The summed E-state index contributed by atoms with van der Waals surface area (Å²) in [4.78, 5) is 17.7. The van der Waals surface area contributed by atoms with Crippen molar-refractivity contribution < 1.29 is 44.3 Å². The molecule has 1 aliphatic rings. The zero-order valence-corrected chi connectivity index (χ0v) is 22.5. The van der Waals surface area contributed by atoms with Crippen LogP contribution in [0.25, 0.3) is 0 Å². The number of fused-ring (bicyclic) bond motifs is 1. The number of rotatable bonds is 4. The summed E-state index contributed by atoms with van der Waals surface area (Å²) in [5.74, 6) is -0.365. The summed E-state index contributed by atoms with van der Waals surface area (Å²) in [6, 6.07) is 0.377. The minimum atomic E-state index is -5.19. The molecule has 2 heterocycles. The molecule has 0 fully saturated rings. The van der Waals surface area contributed by atoms with Crippen LogP contribution in [0.1, 0.15) is 47.5 Å². The molecule has 2 amide bonds. The number of amides is 2. The highest BCUT2D eigenvalue weighted by molar-refractivity contribution is 5.97. The Labute approximate surface area is 233 Å². The maximum atomic E-state index is 13.8. The molecule has 0 bridgehead atoms. The summed E-state index contributed by atoms with van der Waals surface area (Å²) in [5, 5.41) is 11.5. The molecule has 0 saturated heterocycles. The van der Waals surface area contributed by atoms with Gasteiger partial charge in [-0.1, -0.05) is 6.92 Å². The fraction of sp³-hybridized carbons (Fsp3) is 0.440. The van der Waals surface area contributed by atoms with Gasteiger partial charge < -0.3 is 9.80 Å². The van der Waals surface area contributed by atoms with Crippen LogP contribution in [0, 0.1) is 0 Å². The normalized spacial score (nSPS) is 16.8. The number of aryl methyl sites for hydroxylation is 1. The van der Waals surface area contributed by atoms with E-state index in [1.54, 1.807) is 6.92 Å². The molecule has 2 atom stereocenters. The van der Waals surface area contributed by atoms with Gasteiger partial charge in [0.15, 0.2) is 0 Å². The number of tetrazole rings is 1. The first-order chi connectivity index (χ1) is 19.3. The second kappa shape index (κ2) is 10.7. The molecule has 8 nitrogen and oxygen atoms in total. The van der Waals surface area contributed by atoms with E-state index in [1.807, 2.05) is 0 Å². The Bertz CT molecular complexity index is 1430. The molecule has 1 aliphatic heterocycles. The maximum absolute atomic E-state index is 13.8. The highest BCUT2D eigenvalue weighted by Crippen LogP contribution is 2.47. The quantitative estimate of drug-likeness (QED) is 0.333. The monoisotopic (exact) mass is 609 g/mol. The van der Waals surface area contributed by atoms with Crippen LogP contribution in [0.4, 0.5) is 55.7 Å². The van der Waals surface area contributed by atoms with Gasteiger partial charge >= 0.3 is 24.6 Å². The van der Waals surface area contributed by atoms with Crippen LogP contribution in [0.5, 0.6) is 0 Å². The molecule has 0 radical (unpaired) electrons. The van der Waals surface area contributed by atoms with Crippen LogP contribution in [-0.2, 0) is 25.6 Å². The molecule has 42 heavy (non-hydrogen) atoms. The molecule has 4 rings (SSSR count). The first-order valence-corrected chi connectivity index (χ1v) is 12.3. The van der Waals surface area contributed by atoms with Crippen LogP contribution in [0.2, 0.25) is 0 Å². The third-order valence-electron chi connectivity index (χ3n) is 6.71. The molecule has 0 saturated carbocycles. The molecule has 3 aromatic rings. The summed E-state index contributed by atoms with van der Waals surface area (Å²) < 4.78 is 124. The fourth-order valence-electron chi connectivity index (χ4n) is 4.78. The van der Waals surface area contributed by atoms with Crippen molar-refractivity contribution in [1.82, 2.24) is 25.1 Å². The van der Waals surface area contributed by atoms with E-state index in [9.17, 15) is 44.3 Å². The van der Waals surface area contributed by atoms with Crippen molar-refractivity contribution in [1.29, 1.82) is 0 Å². The van der Waals surface area contributed by atoms with Gasteiger partial charge in [0.1, 0.15) is 6.04 Å². The van der Waals surface area contributed by atoms with Crippen LogP contribution in [0.3, 0.4) is 0 Å². The summed E-state index contributed by atoms with van der Waals surface area (Å²) in [6.45, 7) is 1.39. The lowest BCUT2D eigenvalue weighted by Gasteiger charge is -2.46. The Morgan fingerprint density at radius 2 is 1.48 bits per heavy atom. The van der Waals surface area contributed by atoms with Gasteiger partial charge in [-0.15, -0.1) is 10.2 Å². The van der Waals surface area contributed by atoms with Gasteiger partial charge in [-0.2, -0.15) is 44.3 Å². The number of hydrogen-bond acceptors (Lipinski definition) is 5. The van der Waals surface area contributed by atoms with Gasteiger partial charge in [0.05, 0.1) is 41.2 Å². The van der Waals surface area contributed by atoms with E-state index in [1.165, 1.54) is 35.8 Å². The number of nitrogens with zero attached hydrogens (tertiary/aromatic N) is 7. The first-order valence-electron chi connectivity index (χ1n) is 12.3. The van der Waals surface area contributed by atoms with E-state index in [4.69, 9.17) is 0 Å². The molecular formula is C25H24F9N7O. The molecule has 228 valence electrons. The average molecular weight is 609 g/mol. The lowest BCUT2D eigenvalue weighted by Crippen LogP contribution is -2.55. The summed E-state index contributed by atoms with van der Waals surface area (Å²) in [7, 11) is 4.16. The van der Waals surface area contributed by atoms with E-state index in [0.29, 0.717) is 18.2 Å². The SMILES string of the molecule is CCC1CN(C(c2cc(C(F)(F)F)cc(C(F)(F)F)c2)c2nnn(C)n2)c2cc(C(F)(F)F)ccc2N1C(=O)N(C)C. The second-order valence-corrected chi connectivity index (χ2v) is 9.84. The van der Waals surface area contributed by atoms with E-state index in [0.717, 1.165) is 16.9 Å². The van der Waals surface area contributed by atoms with Crippen molar-refractivity contribution >= 4 is 17.4 Å². The van der Waals surface area contributed by atoms with Crippen molar-refractivity contribution in [3.8, 4) is 0 Å². The van der Waals surface area contributed by atoms with Crippen molar-refractivity contribution in [2.45, 2.75) is 44.0 Å². The van der Waals surface area contributed by atoms with E-state index in [2.05, 4.69) is 15.4 Å². The molecule has 2 unspecified atom stereocenters. The number of carbonyl (C=O) groups is 1. The van der Waals surface area contributed by atoms with Gasteiger partial charge in [-0.25, -0.2) is 4.79 Å². The highest BCUT2D eigenvalue weighted by atomic mass is 19.4. The van der Waals surface area contributed by atoms with Gasteiger partial charge in [0.2, 0.25) is 5.82 Å². The Balaban J connectivity index is 2.06. The number of urea groups is 1. The second-order valence-electron chi connectivity index (χ2n) is 9.84. The Morgan fingerprint density at radius 3 is 1.93 bits per heavy atom. The topological polar surface area (TPSA) is 70.4 Å². The number of carbonyl (C=O) groups excluding carboxylic acids is 1. The predicted molar refractivity (Wildman–Crippen MR) is 132 cm³/mol. The Morgan fingerprint density at radius 1 is 0.905 bits per heavy atom. The van der Waals surface area contributed by atoms with Crippen LogP contribution >= 0.6 is 0 Å². The smallest absolute Gasteiger partial charge is 0.353 e. The fourth-order valence-corrected chi connectivity index (χ4v) is 4.78. The first kappa shape index (κ1) is 30.9. The predicted octanol–water partition coefficient (Wildman–Crippen LogP) is 6.14. The van der Waals surface area contributed by atoms with E-state index < -0.39 is 58.9 Å². The zero-order chi connectivity index (χ0) is 31.4. The number of hydrogen-bond donors (Lipinski definition) is 0. The summed E-state index contributed by atoms with van der Waals surface area (Å²) in [6.07, 6.45) is -15.0. The van der Waals surface area contributed by atoms with Crippen LogP contribution in [-0.4, -0.2) is 57.8 Å². The molecule has 0 spiro atoms. The van der Waals surface area contributed by atoms with Gasteiger partial charge in [0, 0.05) is 20.6 Å². The lowest BCUT2D eigenvalue weighted by atomic mass is 9.94. The lowest BCUT2D eigenvalue weighted by molar-refractivity contribution is -0.143. The zero-order valence-electron chi connectivity index (χ0n) is 22.5. The van der Waals surface area contributed by atoms with Crippen molar-refractivity contribution in [2.75, 3.05) is 30.4 Å². The number of aromatic nitrogens is 4. The largest absolute Gasteiger partial charge is 0.416 e. The van der Waals surface area contributed by atoms with Crippen molar-refractivity contribution in [3.05, 3.63) is 64.5 Å². The van der Waals surface area contributed by atoms with Crippen molar-refractivity contribution in [3.63, 3.8) is 0 Å². The van der Waals surface area contributed by atoms with Crippen molar-refractivity contribution in [2.24, 2.45) is 7.05 Å². The Hall–Kier alpha value is -4.05. The summed E-state index contributed by atoms with van der Waals surface area (Å²) >= 11 is 0. The number of anilines is 2. The van der Waals surface area contributed by atoms with Crippen LogP contribution in [0.15, 0.2) is 36.4 Å². The van der Waals surface area contributed by atoms with E-state index in [-0.39, 0.29) is 36.2 Å². The minimum Gasteiger partial charge on any atom is -0.353 e. The number of halogens is 9.